The van der Waals surface area contributed by atoms with Gasteiger partial charge >= 0.3 is 0 Å². The molecule has 1 atom stereocenters. The van der Waals surface area contributed by atoms with Crippen molar-refractivity contribution in [3.8, 4) is 11.3 Å². The molecular weight excluding hydrogens is 366 g/mol. The van der Waals surface area contributed by atoms with Crippen LogP contribution in [0.15, 0.2) is 58.4 Å². The van der Waals surface area contributed by atoms with Crippen LogP contribution in [0.4, 0.5) is 16.5 Å². The van der Waals surface area contributed by atoms with Gasteiger partial charge in [-0.3, -0.25) is 0 Å². The molecule has 0 fully saturated rings. The van der Waals surface area contributed by atoms with E-state index in [1.54, 1.807) is 18.2 Å². The number of rotatable bonds is 4. The zero-order chi connectivity index (χ0) is 15.5. The van der Waals surface area contributed by atoms with Crippen LogP contribution in [0, 0.1) is 5.21 Å². The highest BCUT2D eigenvalue weighted by Crippen LogP contribution is 2.28. The Morgan fingerprint density at radius 2 is 1.95 bits per heavy atom. The molecule has 1 aromatic heterocycles. The van der Waals surface area contributed by atoms with Crippen molar-refractivity contribution in [1.29, 1.82) is 0 Å². The topological polar surface area (TPSA) is 72.7 Å². The molecule has 0 aliphatic carbocycles. The van der Waals surface area contributed by atoms with Crippen molar-refractivity contribution >= 4 is 43.8 Å². The van der Waals surface area contributed by atoms with Gasteiger partial charge in [0, 0.05) is 33.2 Å². The van der Waals surface area contributed by atoms with Gasteiger partial charge in [-0.2, -0.15) is 5.23 Å². The molecule has 3 rings (SSSR count). The number of hydrogen-bond donors (Lipinski definition) is 3. The summed E-state index contributed by atoms with van der Waals surface area (Å²) in [7, 11) is 0. The summed E-state index contributed by atoms with van der Waals surface area (Å²) in [6.07, 6.45) is 0. The van der Waals surface area contributed by atoms with Crippen LogP contribution in [-0.4, -0.2) is 10.2 Å². The largest absolute Gasteiger partial charge is 0.595 e. The number of thiazole rings is 1. The van der Waals surface area contributed by atoms with Crippen LogP contribution in [0.25, 0.3) is 11.3 Å². The number of anilines is 2. The van der Waals surface area contributed by atoms with Crippen LogP contribution in [0.5, 0.6) is 0 Å². The van der Waals surface area contributed by atoms with E-state index in [0.29, 0.717) is 5.69 Å². The van der Waals surface area contributed by atoms with Crippen molar-refractivity contribution in [2.24, 2.45) is 0 Å². The molecule has 0 saturated heterocycles. The molecule has 5 nitrogen and oxygen atoms in total. The Morgan fingerprint density at radius 1 is 1.18 bits per heavy atom. The highest BCUT2D eigenvalue weighted by molar-refractivity contribution is 9.10. The lowest BCUT2D eigenvalue weighted by Crippen LogP contribution is -2.99. The monoisotopic (exact) mass is 377 g/mol. The fraction of sp³-hybridized carbons (Fsp3) is 0. The summed E-state index contributed by atoms with van der Waals surface area (Å²) in [5, 5.41) is 24.9. The molecule has 1 unspecified atom stereocenters. The van der Waals surface area contributed by atoms with E-state index < -0.39 is 5.23 Å². The van der Waals surface area contributed by atoms with E-state index in [9.17, 15) is 5.21 Å². The maximum atomic E-state index is 11.0. The van der Waals surface area contributed by atoms with Crippen molar-refractivity contribution in [2.75, 3.05) is 5.32 Å². The summed E-state index contributed by atoms with van der Waals surface area (Å²) in [6.45, 7) is 0. The predicted molar refractivity (Wildman–Crippen MR) is 90.8 cm³/mol. The Bertz CT molecular complexity index is 774. The second-order valence-corrected chi connectivity index (χ2v) is 6.33. The normalized spacial score (nSPS) is 12.1. The Hall–Kier alpha value is -1.77. The lowest BCUT2D eigenvalue weighted by Gasteiger charge is -2.12. The molecule has 0 saturated carbocycles. The van der Waals surface area contributed by atoms with Crippen LogP contribution >= 0.6 is 27.3 Å². The Labute approximate surface area is 139 Å². The standard InChI is InChI=1S/C15H12BrN3O2S/c16-11-6-4-10(5-7-11)14-9-22-15(18-14)17-12-2-1-3-13(8-12)19(20)21/h1-9,19-20H,(H,17,18). The predicted octanol–water partition coefficient (Wildman–Crippen LogP) is 3.72. The molecule has 1 heterocycles. The maximum Gasteiger partial charge on any atom is 0.187 e. The molecule has 22 heavy (non-hydrogen) atoms. The van der Waals surface area contributed by atoms with Gasteiger partial charge in [0.25, 0.3) is 0 Å². The van der Waals surface area contributed by atoms with Gasteiger partial charge in [0.15, 0.2) is 10.8 Å². The Kier molecular flexibility index (Phi) is 4.51. The first-order chi connectivity index (χ1) is 10.6. The van der Waals surface area contributed by atoms with Gasteiger partial charge in [0.1, 0.15) is 0 Å². The average Bonchev–Trinajstić information content (AvgIpc) is 2.96. The van der Waals surface area contributed by atoms with Crippen LogP contribution in [-0.2, 0) is 0 Å². The fourth-order valence-corrected chi connectivity index (χ4v) is 2.94. The molecule has 2 aromatic carbocycles. The van der Waals surface area contributed by atoms with E-state index >= 15 is 0 Å². The third kappa shape index (κ3) is 3.52. The number of nitrogens with zero attached hydrogens (tertiary/aromatic N) is 1. The van der Waals surface area contributed by atoms with E-state index in [4.69, 9.17) is 5.21 Å². The molecule has 112 valence electrons. The van der Waals surface area contributed by atoms with Crippen molar-refractivity contribution in [3.05, 3.63) is 63.6 Å². The van der Waals surface area contributed by atoms with Crippen molar-refractivity contribution in [2.45, 2.75) is 0 Å². The molecule has 0 bridgehead atoms. The summed E-state index contributed by atoms with van der Waals surface area (Å²) >= 11 is 4.88. The summed E-state index contributed by atoms with van der Waals surface area (Å²) in [6, 6.07) is 14.6. The maximum absolute atomic E-state index is 11.0. The zero-order valence-corrected chi connectivity index (χ0v) is 13.7. The van der Waals surface area contributed by atoms with E-state index in [0.717, 1.165) is 20.9 Å². The van der Waals surface area contributed by atoms with Crippen LogP contribution in [0.2, 0.25) is 0 Å². The molecule has 0 amide bonds. The van der Waals surface area contributed by atoms with E-state index in [1.807, 2.05) is 35.7 Å². The molecule has 3 N–H and O–H groups in total. The molecule has 7 heteroatoms. The molecule has 3 aromatic rings. The van der Waals surface area contributed by atoms with Gasteiger partial charge in [0.2, 0.25) is 0 Å². The smallest absolute Gasteiger partial charge is 0.187 e. The SMILES string of the molecule is [O-][NH+](O)c1cccc(Nc2nc(-c3ccc(Br)cc3)cs2)c1. The second-order valence-electron chi connectivity index (χ2n) is 4.56. The number of nitrogens with one attached hydrogen (secondary N) is 2. The van der Waals surface area contributed by atoms with Gasteiger partial charge in [0.05, 0.1) is 5.69 Å². The quantitative estimate of drug-likeness (QED) is 0.605. The van der Waals surface area contributed by atoms with Gasteiger partial charge in [-0.05, 0) is 18.2 Å². The second kappa shape index (κ2) is 6.55. The van der Waals surface area contributed by atoms with E-state index in [2.05, 4.69) is 26.2 Å². The molecule has 0 spiro atoms. The fourth-order valence-electron chi connectivity index (χ4n) is 1.94. The van der Waals surface area contributed by atoms with Crippen molar-refractivity contribution < 1.29 is 10.4 Å². The molecule has 0 aliphatic rings. The van der Waals surface area contributed by atoms with Crippen LogP contribution in [0.1, 0.15) is 0 Å². The molecule has 0 radical (unpaired) electrons. The molecule has 0 aliphatic heterocycles. The number of halogens is 1. The van der Waals surface area contributed by atoms with Crippen LogP contribution < -0.4 is 10.5 Å². The number of benzene rings is 2. The third-order valence-electron chi connectivity index (χ3n) is 3.00. The Morgan fingerprint density at radius 3 is 2.68 bits per heavy atom. The summed E-state index contributed by atoms with van der Waals surface area (Å²) in [4.78, 5) is 4.52. The minimum absolute atomic E-state index is 0.245. The number of aromatic nitrogens is 1. The van der Waals surface area contributed by atoms with Crippen LogP contribution in [0.3, 0.4) is 0 Å². The zero-order valence-electron chi connectivity index (χ0n) is 11.3. The van der Waals surface area contributed by atoms with Gasteiger partial charge < -0.3 is 10.5 Å². The van der Waals surface area contributed by atoms with Gasteiger partial charge in [-0.25, -0.2) is 10.2 Å². The first kappa shape index (κ1) is 15.1. The summed E-state index contributed by atoms with van der Waals surface area (Å²) in [5.74, 6) is 0. The van der Waals surface area contributed by atoms with E-state index in [-0.39, 0.29) is 5.69 Å². The minimum Gasteiger partial charge on any atom is -0.595 e. The number of hydrogen-bond acceptors (Lipinski definition) is 5. The lowest BCUT2D eigenvalue weighted by molar-refractivity contribution is -0.991. The Balaban J connectivity index is 1.79. The average molecular weight is 378 g/mol. The van der Waals surface area contributed by atoms with Gasteiger partial charge in [-0.1, -0.05) is 34.1 Å². The number of quaternary nitrogens is 1. The summed E-state index contributed by atoms with van der Waals surface area (Å²) in [5.41, 5.74) is 2.87. The van der Waals surface area contributed by atoms with Gasteiger partial charge in [-0.15, -0.1) is 11.3 Å². The van der Waals surface area contributed by atoms with Crippen molar-refractivity contribution in [3.63, 3.8) is 0 Å². The minimum atomic E-state index is -0.946. The summed E-state index contributed by atoms with van der Waals surface area (Å²) < 4.78 is 1.02. The van der Waals surface area contributed by atoms with E-state index in [1.165, 1.54) is 11.3 Å². The molecular formula is C15H12BrN3O2S. The highest BCUT2D eigenvalue weighted by atomic mass is 79.9. The third-order valence-corrected chi connectivity index (χ3v) is 4.29. The first-order valence-corrected chi connectivity index (χ1v) is 8.11. The first-order valence-electron chi connectivity index (χ1n) is 6.44. The highest BCUT2D eigenvalue weighted by Gasteiger charge is 2.06. The van der Waals surface area contributed by atoms with Crippen molar-refractivity contribution in [1.82, 2.24) is 4.98 Å². The lowest BCUT2D eigenvalue weighted by atomic mass is 10.2.